The quantitative estimate of drug-likeness (QED) is 0.819. The maximum Gasteiger partial charge on any atom is 0.243 e. The van der Waals surface area contributed by atoms with E-state index in [0.29, 0.717) is 4.90 Å². The summed E-state index contributed by atoms with van der Waals surface area (Å²) >= 11 is 0. The fourth-order valence-corrected chi connectivity index (χ4v) is 1.72. The summed E-state index contributed by atoms with van der Waals surface area (Å²) in [5, 5.41) is 2.54. The molecule has 5 heteroatoms. The van der Waals surface area contributed by atoms with Crippen molar-refractivity contribution in [3.63, 3.8) is 0 Å². The molecular formula is C14H16N2O3. The Morgan fingerprint density at radius 1 is 1.32 bits per heavy atom. The zero-order chi connectivity index (χ0) is 17.4. The minimum absolute atomic E-state index is 0.181. The molecular weight excluding hydrogens is 244 g/mol. The van der Waals surface area contributed by atoms with E-state index in [9.17, 15) is 14.4 Å². The van der Waals surface area contributed by atoms with Crippen LogP contribution in [0.3, 0.4) is 0 Å². The van der Waals surface area contributed by atoms with Gasteiger partial charge < -0.3 is 5.32 Å². The van der Waals surface area contributed by atoms with Gasteiger partial charge in [-0.1, -0.05) is 30.3 Å². The summed E-state index contributed by atoms with van der Waals surface area (Å²) in [6, 6.07) is 7.68. The SMILES string of the molecule is [2H]C1([2H])C(=O)N(C(C)C(=O)NCc2ccccc2)C(=O)C1([2H])[2H]. The lowest BCUT2D eigenvalue weighted by molar-refractivity contribution is -0.146. The molecule has 0 spiro atoms. The summed E-state index contributed by atoms with van der Waals surface area (Å²) in [4.78, 5) is 36.4. The van der Waals surface area contributed by atoms with E-state index in [4.69, 9.17) is 5.48 Å². The molecule has 5 nitrogen and oxygen atoms in total. The van der Waals surface area contributed by atoms with Gasteiger partial charge in [-0.2, -0.15) is 0 Å². The number of carbonyl (C=O) groups excluding carboxylic acids is 3. The molecule has 1 aromatic rings. The molecule has 3 amide bonds. The van der Waals surface area contributed by atoms with Crippen molar-refractivity contribution in [3.8, 4) is 0 Å². The molecule has 1 saturated heterocycles. The van der Waals surface area contributed by atoms with Gasteiger partial charge in [0.05, 0.1) is 0 Å². The molecule has 0 radical (unpaired) electrons. The molecule has 1 fully saturated rings. The van der Waals surface area contributed by atoms with Crippen LogP contribution in [0.5, 0.6) is 0 Å². The summed E-state index contributed by atoms with van der Waals surface area (Å²) in [7, 11) is 0. The number of rotatable bonds is 4. The van der Waals surface area contributed by atoms with Gasteiger partial charge in [-0.15, -0.1) is 0 Å². The van der Waals surface area contributed by atoms with Crippen LogP contribution >= 0.6 is 0 Å². The van der Waals surface area contributed by atoms with Gasteiger partial charge in [-0.05, 0) is 12.5 Å². The molecule has 1 aliphatic heterocycles. The lowest BCUT2D eigenvalue weighted by atomic mass is 10.2. The first-order valence-electron chi connectivity index (χ1n) is 7.80. The van der Waals surface area contributed by atoms with Crippen LogP contribution in [0.25, 0.3) is 0 Å². The van der Waals surface area contributed by atoms with Gasteiger partial charge in [-0.3, -0.25) is 19.3 Å². The normalized spacial score (nSPS) is 25.0. The average molecular weight is 264 g/mol. The smallest absolute Gasteiger partial charge is 0.243 e. The Morgan fingerprint density at radius 3 is 2.47 bits per heavy atom. The summed E-state index contributed by atoms with van der Waals surface area (Å²) < 4.78 is 29.9. The highest BCUT2D eigenvalue weighted by molar-refractivity contribution is 6.05. The van der Waals surface area contributed by atoms with Crippen LogP contribution in [0.2, 0.25) is 0 Å². The van der Waals surface area contributed by atoms with Crippen molar-refractivity contribution in [1.82, 2.24) is 10.2 Å². The molecule has 0 bridgehead atoms. The molecule has 2 rings (SSSR count). The van der Waals surface area contributed by atoms with E-state index in [1.54, 1.807) is 24.3 Å². The van der Waals surface area contributed by atoms with E-state index in [1.165, 1.54) is 6.92 Å². The minimum atomic E-state index is -2.99. The predicted octanol–water partition coefficient (Wildman–Crippen LogP) is 0.840. The van der Waals surface area contributed by atoms with Crippen molar-refractivity contribution in [2.45, 2.75) is 32.3 Å². The molecule has 19 heavy (non-hydrogen) atoms. The summed E-state index contributed by atoms with van der Waals surface area (Å²) in [6.07, 6.45) is -5.98. The number of amides is 3. The highest BCUT2D eigenvalue weighted by Crippen LogP contribution is 2.15. The fourth-order valence-electron chi connectivity index (χ4n) is 1.72. The van der Waals surface area contributed by atoms with E-state index in [-0.39, 0.29) is 6.54 Å². The third-order valence-electron chi connectivity index (χ3n) is 2.79. The van der Waals surface area contributed by atoms with Gasteiger partial charge in [-0.25, -0.2) is 0 Å². The molecule has 1 heterocycles. The monoisotopic (exact) mass is 264 g/mol. The third-order valence-corrected chi connectivity index (χ3v) is 2.79. The molecule has 0 saturated carbocycles. The van der Waals surface area contributed by atoms with Crippen molar-refractivity contribution in [2.75, 3.05) is 0 Å². The second kappa shape index (κ2) is 5.65. The largest absolute Gasteiger partial charge is 0.350 e. The number of benzene rings is 1. The second-order valence-corrected chi connectivity index (χ2v) is 4.11. The number of nitrogens with zero attached hydrogens (tertiary/aromatic N) is 1. The Kier molecular flexibility index (Phi) is 2.63. The molecule has 1 aromatic carbocycles. The van der Waals surface area contributed by atoms with E-state index in [1.807, 2.05) is 6.07 Å². The molecule has 1 atom stereocenters. The van der Waals surface area contributed by atoms with Gasteiger partial charge >= 0.3 is 0 Å². The Hall–Kier alpha value is -2.17. The maximum absolute atomic E-state index is 12.1. The van der Waals surface area contributed by atoms with Crippen molar-refractivity contribution >= 4 is 17.7 Å². The molecule has 0 aliphatic carbocycles. The van der Waals surface area contributed by atoms with Crippen LogP contribution in [-0.2, 0) is 20.9 Å². The number of likely N-dealkylation sites (tertiary alicyclic amines) is 1. The maximum atomic E-state index is 12.1. The van der Waals surface area contributed by atoms with Crippen LogP contribution in [-0.4, -0.2) is 28.7 Å². The molecule has 0 aromatic heterocycles. The predicted molar refractivity (Wildman–Crippen MR) is 68.8 cm³/mol. The van der Waals surface area contributed by atoms with Gasteiger partial charge in [0.2, 0.25) is 17.7 Å². The number of hydrogen-bond acceptors (Lipinski definition) is 3. The van der Waals surface area contributed by atoms with E-state index >= 15 is 0 Å². The van der Waals surface area contributed by atoms with E-state index in [2.05, 4.69) is 5.32 Å². The van der Waals surface area contributed by atoms with Crippen LogP contribution in [0, 0.1) is 0 Å². The fraction of sp³-hybridized carbons (Fsp3) is 0.357. The first-order chi connectivity index (χ1) is 10.6. The van der Waals surface area contributed by atoms with Crippen LogP contribution in [0.4, 0.5) is 0 Å². The summed E-state index contributed by atoms with van der Waals surface area (Å²) in [5.74, 6) is -3.34. The van der Waals surface area contributed by atoms with Crippen molar-refractivity contribution < 1.29 is 19.9 Å². The van der Waals surface area contributed by atoms with Gasteiger partial charge in [0.25, 0.3) is 0 Å². The Bertz CT molecular complexity index is 623. The van der Waals surface area contributed by atoms with Crippen LogP contribution in [0.1, 0.15) is 30.7 Å². The molecule has 100 valence electrons. The number of carbonyl (C=O) groups is 3. The zero-order valence-electron chi connectivity index (χ0n) is 14.3. The average Bonchev–Trinajstić information content (AvgIpc) is 2.63. The van der Waals surface area contributed by atoms with Gasteiger partial charge in [0.1, 0.15) is 6.04 Å². The lowest BCUT2D eigenvalue weighted by Gasteiger charge is -2.21. The zero-order valence-corrected chi connectivity index (χ0v) is 10.3. The highest BCUT2D eigenvalue weighted by Gasteiger charge is 2.35. The summed E-state index contributed by atoms with van der Waals surface area (Å²) in [6.45, 7) is 1.44. The Balaban J connectivity index is 2.11. The van der Waals surface area contributed by atoms with E-state index in [0.717, 1.165) is 5.56 Å². The molecule has 1 aliphatic rings. The second-order valence-electron chi connectivity index (χ2n) is 4.11. The van der Waals surface area contributed by atoms with Crippen LogP contribution < -0.4 is 5.32 Å². The van der Waals surface area contributed by atoms with Crippen LogP contribution in [0.15, 0.2) is 30.3 Å². The first kappa shape index (κ1) is 8.85. The van der Waals surface area contributed by atoms with Crippen molar-refractivity contribution in [2.24, 2.45) is 0 Å². The number of hydrogen-bond donors (Lipinski definition) is 1. The topological polar surface area (TPSA) is 66.5 Å². The molecule has 1 unspecified atom stereocenters. The number of imide groups is 1. The van der Waals surface area contributed by atoms with Crippen molar-refractivity contribution in [1.29, 1.82) is 0 Å². The van der Waals surface area contributed by atoms with E-state index < -0.39 is 36.5 Å². The first-order valence-corrected chi connectivity index (χ1v) is 5.80. The third kappa shape index (κ3) is 2.99. The highest BCUT2D eigenvalue weighted by atomic mass is 16.2. The number of nitrogens with one attached hydrogen (secondary N) is 1. The standard InChI is InChI=1S/C14H16N2O3/c1-10(16-12(17)7-8-13(16)18)14(19)15-9-11-5-3-2-4-6-11/h2-6,10H,7-9H2,1H3,(H,15,19)/i7D2,8D2. The Morgan fingerprint density at radius 2 is 1.89 bits per heavy atom. The lowest BCUT2D eigenvalue weighted by Crippen LogP contribution is -2.47. The minimum Gasteiger partial charge on any atom is -0.350 e. The van der Waals surface area contributed by atoms with Gasteiger partial charge in [0, 0.05) is 24.8 Å². The van der Waals surface area contributed by atoms with Gasteiger partial charge in [0.15, 0.2) is 0 Å². The van der Waals surface area contributed by atoms with Crippen molar-refractivity contribution in [3.05, 3.63) is 35.9 Å². The summed E-state index contributed by atoms with van der Waals surface area (Å²) in [5.41, 5.74) is 0.817. The Labute approximate surface area is 117 Å². The molecule has 1 N–H and O–H groups in total.